The van der Waals surface area contributed by atoms with Crippen molar-refractivity contribution in [3.63, 3.8) is 0 Å². The number of hydrogen-bond donors (Lipinski definition) is 2. The summed E-state index contributed by atoms with van der Waals surface area (Å²) in [5.41, 5.74) is 0. The molecule has 3 nitrogen and oxygen atoms in total. The molecule has 0 spiro atoms. The Balaban J connectivity index is 1.50. The summed E-state index contributed by atoms with van der Waals surface area (Å²) in [6.45, 7) is 4.14. The van der Waals surface area contributed by atoms with Gasteiger partial charge in [-0.15, -0.1) is 0 Å². The van der Waals surface area contributed by atoms with E-state index in [9.17, 15) is 5.11 Å². The highest BCUT2D eigenvalue weighted by Crippen LogP contribution is 2.30. The molecular formula is C18H34N2O. The molecule has 0 aromatic rings. The Morgan fingerprint density at radius 2 is 1.67 bits per heavy atom. The minimum absolute atomic E-state index is 0.359. The van der Waals surface area contributed by atoms with Crippen LogP contribution in [0.5, 0.6) is 0 Å². The molecule has 0 aromatic carbocycles. The van der Waals surface area contributed by atoms with Crippen molar-refractivity contribution in [3.05, 3.63) is 0 Å². The van der Waals surface area contributed by atoms with Crippen LogP contribution in [0, 0.1) is 11.8 Å². The molecule has 3 fully saturated rings. The zero-order valence-electron chi connectivity index (χ0n) is 13.6. The second-order valence-electron chi connectivity index (χ2n) is 7.83. The van der Waals surface area contributed by atoms with Gasteiger partial charge in [-0.3, -0.25) is 0 Å². The fraction of sp³-hybridized carbons (Fsp3) is 1.00. The van der Waals surface area contributed by atoms with E-state index in [1.807, 2.05) is 0 Å². The molecule has 0 aromatic heterocycles. The van der Waals surface area contributed by atoms with E-state index in [0.29, 0.717) is 18.6 Å². The largest absolute Gasteiger partial charge is 0.396 e. The molecule has 3 rings (SSSR count). The number of piperidine rings is 1. The maximum atomic E-state index is 9.31. The van der Waals surface area contributed by atoms with Gasteiger partial charge in [0.05, 0.1) is 0 Å². The van der Waals surface area contributed by atoms with E-state index >= 15 is 0 Å². The first kappa shape index (κ1) is 15.8. The molecule has 3 heteroatoms. The SMILES string of the molecule is OCCC1CC(NC2CCCCC2)CN(CC2CCC2)C1. The lowest BCUT2D eigenvalue weighted by Gasteiger charge is -2.42. The summed E-state index contributed by atoms with van der Waals surface area (Å²) in [7, 11) is 0. The van der Waals surface area contributed by atoms with Crippen molar-refractivity contribution in [3.8, 4) is 0 Å². The molecule has 2 atom stereocenters. The van der Waals surface area contributed by atoms with E-state index in [-0.39, 0.29) is 0 Å². The van der Waals surface area contributed by atoms with E-state index in [2.05, 4.69) is 10.2 Å². The zero-order valence-corrected chi connectivity index (χ0v) is 13.6. The van der Waals surface area contributed by atoms with E-state index < -0.39 is 0 Å². The van der Waals surface area contributed by atoms with Crippen LogP contribution in [0.25, 0.3) is 0 Å². The van der Waals surface area contributed by atoms with Crippen molar-refractivity contribution < 1.29 is 5.11 Å². The summed E-state index contributed by atoms with van der Waals surface area (Å²) >= 11 is 0. The maximum Gasteiger partial charge on any atom is 0.0434 e. The highest BCUT2D eigenvalue weighted by atomic mass is 16.3. The van der Waals surface area contributed by atoms with Gasteiger partial charge in [0.1, 0.15) is 0 Å². The van der Waals surface area contributed by atoms with Crippen LogP contribution in [0.15, 0.2) is 0 Å². The molecule has 0 radical (unpaired) electrons. The number of nitrogens with zero attached hydrogens (tertiary/aromatic N) is 1. The first-order valence-corrected chi connectivity index (χ1v) is 9.42. The Hall–Kier alpha value is -0.120. The molecule has 1 heterocycles. The summed E-state index contributed by atoms with van der Waals surface area (Å²) in [5, 5.41) is 13.3. The van der Waals surface area contributed by atoms with Crippen molar-refractivity contribution >= 4 is 0 Å². The van der Waals surface area contributed by atoms with E-state index in [4.69, 9.17) is 0 Å². The van der Waals surface area contributed by atoms with Crippen LogP contribution in [0.1, 0.15) is 64.2 Å². The van der Waals surface area contributed by atoms with Crippen molar-refractivity contribution in [2.24, 2.45) is 11.8 Å². The lowest BCUT2D eigenvalue weighted by Crippen LogP contribution is -2.53. The molecule has 2 unspecified atom stereocenters. The molecular weight excluding hydrogens is 260 g/mol. The molecule has 1 aliphatic heterocycles. The van der Waals surface area contributed by atoms with Gasteiger partial charge in [0.2, 0.25) is 0 Å². The van der Waals surface area contributed by atoms with Crippen LogP contribution in [0.2, 0.25) is 0 Å². The van der Waals surface area contributed by atoms with Crippen LogP contribution in [0.4, 0.5) is 0 Å². The Kier molecular flexibility index (Phi) is 5.96. The van der Waals surface area contributed by atoms with Crippen LogP contribution in [-0.2, 0) is 0 Å². The third-order valence-corrected chi connectivity index (χ3v) is 5.97. The van der Waals surface area contributed by atoms with E-state index in [1.54, 1.807) is 0 Å². The summed E-state index contributed by atoms with van der Waals surface area (Å²) < 4.78 is 0. The quantitative estimate of drug-likeness (QED) is 0.791. The minimum Gasteiger partial charge on any atom is -0.396 e. The number of aliphatic hydroxyl groups excluding tert-OH is 1. The highest BCUT2D eigenvalue weighted by Gasteiger charge is 2.30. The third-order valence-electron chi connectivity index (χ3n) is 5.97. The number of likely N-dealkylation sites (tertiary alicyclic amines) is 1. The van der Waals surface area contributed by atoms with Gasteiger partial charge in [0.15, 0.2) is 0 Å². The maximum absolute atomic E-state index is 9.31. The van der Waals surface area contributed by atoms with Crippen LogP contribution >= 0.6 is 0 Å². The van der Waals surface area contributed by atoms with Gasteiger partial charge in [-0.1, -0.05) is 25.7 Å². The van der Waals surface area contributed by atoms with Gasteiger partial charge in [0.25, 0.3) is 0 Å². The fourth-order valence-corrected chi connectivity index (χ4v) is 4.61. The molecule has 122 valence electrons. The standard InChI is InChI=1S/C18H34N2O/c21-10-9-16-11-18(19-17-7-2-1-3-8-17)14-20(13-16)12-15-5-4-6-15/h15-19,21H,1-14H2. The first-order valence-electron chi connectivity index (χ1n) is 9.42. The molecule has 0 bridgehead atoms. The van der Waals surface area contributed by atoms with Crippen molar-refractivity contribution in [1.82, 2.24) is 10.2 Å². The summed E-state index contributed by atoms with van der Waals surface area (Å²) in [6.07, 6.45) is 13.6. The summed E-state index contributed by atoms with van der Waals surface area (Å²) in [5.74, 6) is 1.66. The van der Waals surface area contributed by atoms with Gasteiger partial charge in [-0.05, 0) is 50.4 Å². The molecule has 0 amide bonds. The molecule has 21 heavy (non-hydrogen) atoms. The Morgan fingerprint density at radius 3 is 2.33 bits per heavy atom. The number of rotatable bonds is 6. The topological polar surface area (TPSA) is 35.5 Å². The number of hydrogen-bond acceptors (Lipinski definition) is 3. The number of nitrogens with one attached hydrogen (secondary N) is 1. The fourth-order valence-electron chi connectivity index (χ4n) is 4.61. The zero-order chi connectivity index (χ0) is 14.5. The lowest BCUT2D eigenvalue weighted by atomic mass is 9.83. The predicted octanol–water partition coefficient (Wildman–Crippen LogP) is 2.78. The Bertz CT molecular complexity index is 300. The Labute approximate surface area is 130 Å². The first-order chi connectivity index (χ1) is 10.3. The van der Waals surface area contributed by atoms with Crippen LogP contribution in [-0.4, -0.2) is 48.3 Å². The van der Waals surface area contributed by atoms with Crippen molar-refractivity contribution in [2.45, 2.75) is 76.3 Å². The normalized spacial score (nSPS) is 33.0. The van der Waals surface area contributed by atoms with Crippen molar-refractivity contribution in [2.75, 3.05) is 26.2 Å². The average Bonchev–Trinajstić information content (AvgIpc) is 2.44. The van der Waals surface area contributed by atoms with Gasteiger partial charge >= 0.3 is 0 Å². The van der Waals surface area contributed by atoms with E-state index in [0.717, 1.165) is 18.4 Å². The smallest absolute Gasteiger partial charge is 0.0434 e. The number of aliphatic hydroxyl groups is 1. The third kappa shape index (κ3) is 4.67. The van der Waals surface area contributed by atoms with Gasteiger partial charge in [-0.25, -0.2) is 0 Å². The Morgan fingerprint density at radius 1 is 0.857 bits per heavy atom. The van der Waals surface area contributed by atoms with Crippen LogP contribution < -0.4 is 5.32 Å². The lowest BCUT2D eigenvalue weighted by molar-refractivity contribution is 0.0846. The highest BCUT2D eigenvalue weighted by molar-refractivity contribution is 4.88. The summed E-state index contributed by atoms with van der Waals surface area (Å²) in [6, 6.07) is 1.43. The summed E-state index contributed by atoms with van der Waals surface area (Å²) in [4.78, 5) is 2.70. The van der Waals surface area contributed by atoms with Gasteiger partial charge in [0, 0.05) is 38.3 Å². The van der Waals surface area contributed by atoms with Crippen LogP contribution in [0.3, 0.4) is 0 Å². The van der Waals surface area contributed by atoms with Crippen molar-refractivity contribution in [1.29, 1.82) is 0 Å². The second-order valence-corrected chi connectivity index (χ2v) is 7.83. The molecule has 3 aliphatic rings. The molecule has 2 N–H and O–H groups in total. The van der Waals surface area contributed by atoms with E-state index in [1.165, 1.54) is 77.4 Å². The predicted molar refractivity (Wildman–Crippen MR) is 87.4 cm³/mol. The monoisotopic (exact) mass is 294 g/mol. The molecule has 2 saturated carbocycles. The second kappa shape index (κ2) is 7.94. The minimum atomic E-state index is 0.359. The average molecular weight is 294 g/mol. The van der Waals surface area contributed by atoms with Gasteiger partial charge < -0.3 is 15.3 Å². The molecule has 1 saturated heterocycles. The molecule has 2 aliphatic carbocycles. The van der Waals surface area contributed by atoms with Gasteiger partial charge in [-0.2, -0.15) is 0 Å².